The maximum absolute atomic E-state index is 11.5. The number of rotatable bonds is 4. The lowest BCUT2D eigenvalue weighted by Crippen LogP contribution is -2.13. The van der Waals surface area contributed by atoms with Crippen LogP contribution in [0.3, 0.4) is 0 Å². The van der Waals surface area contributed by atoms with Gasteiger partial charge in [0, 0.05) is 5.56 Å². The van der Waals surface area contributed by atoms with E-state index < -0.39 is 0 Å². The molecule has 0 heterocycles. The quantitative estimate of drug-likeness (QED) is 0.685. The summed E-state index contributed by atoms with van der Waals surface area (Å²) in [4.78, 5) is 11.5. The van der Waals surface area contributed by atoms with Gasteiger partial charge >= 0.3 is 0 Å². The van der Waals surface area contributed by atoms with Crippen molar-refractivity contribution >= 4 is 5.78 Å². The molecule has 0 unspecified atom stereocenters. The van der Waals surface area contributed by atoms with Gasteiger partial charge in [-0.1, -0.05) is 29.8 Å². The molecule has 0 bridgehead atoms. The van der Waals surface area contributed by atoms with E-state index in [-0.39, 0.29) is 18.5 Å². The van der Waals surface area contributed by atoms with Gasteiger partial charge in [0.05, 0.1) is 6.10 Å². The highest BCUT2D eigenvalue weighted by Crippen LogP contribution is 2.04. The maximum Gasteiger partial charge on any atom is 0.188 e. The van der Waals surface area contributed by atoms with E-state index >= 15 is 0 Å². The Balaban J connectivity index is 2.57. The number of aryl methyl sites for hydroxylation is 1. The summed E-state index contributed by atoms with van der Waals surface area (Å²) in [6.07, 6.45) is 0.101. The summed E-state index contributed by atoms with van der Waals surface area (Å²) >= 11 is 0. The van der Waals surface area contributed by atoms with Crippen LogP contribution in [0.25, 0.3) is 0 Å². The Morgan fingerprint density at radius 1 is 1.29 bits per heavy atom. The van der Waals surface area contributed by atoms with Crippen molar-refractivity contribution in [2.24, 2.45) is 0 Å². The third kappa shape index (κ3) is 3.30. The van der Waals surface area contributed by atoms with Crippen LogP contribution in [0.5, 0.6) is 0 Å². The second-order valence-electron chi connectivity index (χ2n) is 3.65. The van der Waals surface area contributed by atoms with Crippen LogP contribution in [-0.2, 0) is 4.74 Å². The molecule has 0 aliphatic rings. The van der Waals surface area contributed by atoms with Crippen molar-refractivity contribution in [1.29, 1.82) is 0 Å². The highest BCUT2D eigenvalue weighted by molar-refractivity contribution is 5.97. The van der Waals surface area contributed by atoms with Crippen LogP contribution in [-0.4, -0.2) is 18.5 Å². The average Bonchev–Trinajstić information content (AvgIpc) is 2.15. The monoisotopic (exact) mass is 192 g/mol. The van der Waals surface area contributed by atoms with Crippen molar-refractivity contribution in [1.82, 2.24) is 0 Å². The van der Waals surface area contributed by atoms with Crippen LogP contribution < -0.4 is 0 Å². The number of carbonyl (C=O) groups is 1. The molecule has 0 radical (unpaired) electrons. The number of carbonyl (C=O) groups excluding carboxylic acids is 1. The lowest BCUT2D eigenvalue weighted by Gasteiger charge is -2.06. The Bertz CT molecular complexity index is 299. The topological polar surface area (TPSA) is 26.3 Å². The third-order valence-corrected chi connectivity index (χ3v) is 1.92. The Hall–Kier alpha value is -1.15. The molecule has 1 aromatic rings. The summed E-state index contributed by atoms with van der Waals surface area (Å²) < 4.78 is 5.24. The minimum Gasteiger partial charge on any atom is -0.371 e. The largest absolute Gasteiger partial charge is 0.371 e. The van der Waals surface area contributed by atoms with Gasteiger partial charge in [-0.3, -0.25) is 4.79 Å². The molecule has 14 heavy (non-hydrogen) atoms. The molecule has 1 rings (SSSR count). The third-order valence-electron chi connectivity index (χ3n) is 1.92. The van der Waals surface area contributed by atoms with Crippen LogP contribution >= 0.6 is 0 Å². The molecular formula is C12H16O2. The number of ketones is 1. The number of ether oxygens (including phenoxy) is 1. The fourth-order valence-corrected chi connectivity index (χ4v) is 1.07. The molecule has 2 nitrogen and oxygen atoms in total. The zero-order valence-electron chi connectivity index (χ0n) is 8.91. The highest BCUT2D eigenvalue weighted by Gasteiger charge is 2.06. The molecule has 0 amide bonds. The summed E-state index contributed by atoms with van der Waals surface area (Å²) in [6.45, 7) is 6.00. The Morgan fingerprint density at radius 3 is 2.36 bits per heavy atom. The molecular weight excluding hydrogens is 176 g/mol. The van der Waals surface area contributed by atoms with Crippen LogP contribution in [0.1, 0.15) is 29.8 Å². The highest BCUT2D eigenvalue weighted by atomic mass is 16.5. The molecule has 76 valence electrons. The van der Waals surface area contributed by atoms with Gasteiger partial charge in [0.2, 0.25) is 0 Å². The van der Waals surface area contributed by atoms with Gasteiger partial charge in [-0.25, -0.2) is 0 Å². The standard InChI is InChI=1S/C12H16O2/c1-9(2)14-8-12(13)11-6-4-10(3)5-7-11/h4-7,9H,8H2,1-3H3. The summed E-state index contributed by atoms with van der Waals surface area (Å²) in [7, 11) is 0. The van der Waals surface area contributed by atoms with E-state index in [0.717, 1.165) is 11.1 Å². The predicted molar refractivity (Wildman–Crippen MR) is 56.6 cm³/mol. The minimum atomic E-state index is 0.0405. The molecule has 0 fully saturated rings. The van der Waals surface area contributed by atoms with Crippen LogP contribution in [0.4, 0.5) is 0 Å². The normalized spacial score (nSPS) is 10.6. The SMILES string of the molecule is Cc1ccc(C(=O)COC(C)C)cc1. The first kappa shape index (κ1) is 10.9. The molecule has 0 aliphatic heterocycles. The van der Waals surface area contributed by atoms with Crippen molar-refractivity contribution in [2.45, 2.75) is 26.9 Å². The van der Waals surface area contributed by atoms with Crippen molar-refractivity contribution in [3.05, 3.63) is 35.4 Å². The van der Waals surface area contributed by atoms with Crippen LogP contribution in [0.2, 0.25) is 0 Å². The number of Topliss-reactive ketones (excluding diaryl/α,β-unsaturated/α-hetero) is 1. The molecule has 1 aromatic carbocycles. The average molecular weight is 192 g/mol. The number of hydrogen-bond acceptors (Lipinski definition) is 2. The van der Waals surface area contributed by atoms with Gasteiger partial charge < -0.3 is 4.74 Å². The molecule has 0 spiro atoms. The van der Waals surface area contributed by atoms with Crippen LogP contribution in [0.15, 0.2) is 24.3 Å². The first-order valence-electron chi connectivity index (χ1n) is 4.81. The van der Waals surface area contributed by atoms with E-state index in [1.54, 1.807) is 0 Å². The Labute approximate surface area is 84.9 Å². The zero-order chi connectivity index (χ0) is 10.6. The van der Waals surface area contributed by atoms with Gasteiger partial charge in [-0.2, -0.15) is 0 Å². The molecule has 0 aliphatic carbocycles. The van der Waals surface area contributed by atoms with Gasteiger partial charge in [0.15, 0.2) is 5.78 Å². The molecule has 2 heteroatoms. The van der Waals surface area contributed by atoms with E-state index in [1.165, 1.54) is 0 Å². The lowest BCUT2D eigenvalue weighted by molar-refractivity contribution is 0.0585. The van der Waals surface area contributed by atoms with Gasteiger partial charge in [0.1, 0.15) is 6.61 Å². The molecule has 0 saturated carbocycles. The molecule has 0 atom stereocenters. The van der Waals surface area contributed by atoms with Gasteiger partial charge in [0.25, 0.3) is 0 Å². The smallest absolute Gasteiger partial charge is 0.188 e. The van der Waals surface area contributed by atoms with E-state index in [4.69, 9.17) is 4.74 Å². The summed E-state index contributed by atoms with van der Waals surface area (Å²) in [5, 5.41) is 0. The first-order valence-corrected chi connectivity index (χ1v) is 4.81. The Kier molecular flexibility index (Phi) is 3.84. The number of benzene rings is 1. The number of hydrogen-bond donors (Lipinski definition) is 0. The summed E-state index contributed by atoms with van der Waals surface area (Å²) in [5.74, 6) is 0.0405. The van der Waals surface area contributed by atoms with Crippen molar-refractivity contribution in [3.63, 3.8) is 0 Å². The summed E-state index contributed by atoms with van der Waals surface area (Å²) in [5.41, 5.74) is 1.88. The molecule has 0 saturated heterocycles. The van der Waals surface area contributed by atoms with Gasteiger partial charge in [-0.15, -0.1) is 0 Å². The predicted octanol–water partition coefficient (Wildman–Crippen LogP) is 2.60. The second kappa shape index (κ2) is 4.91. The van der Waals surface area contributed by atoms with Crippen molar-refractivity contribution in [2.75, 3.05) is 6.61 Å². The zero-order valence-corrected chi connectivity index (χ0v) is 8.91. The lowest BCUT2D eigenvalue weighted by atomic mass is 10.1. The second-order valence-corrected chi connectivity index (χ2v) is 3.65. The van der Waals surface area contributed by atoms with E-state index in [1.807, 2.05) is 45.0 Å². The summed E-state index contributed by atoms with van der Waals surface area (Å²) in [6, 6.07) is 7.54. The fraction of sp³-hybridized carbons (Fsp3) is 0.417. The van der Waals surface area contributed by atoms with E-state index in [0.29, 0.717) is 0 Å². The maximum atomic E-state index is 11.5. The van der Waals surface area contributed by atoms with Gasteiger partial charge in [-0.05, 0) is 20.8 Å². The fourth-order valence-electron chi connectivity index (χ4n) is 1.07. The Morgan fingerprint density at radius 2 is 1.86 bits per heavy atom. The first-order chi connectivity index (χ1) is 6.59. The van der Waals surface area contributed by atoms with Crippen molar-refractivity contribution < 1.29 is 9.53 Å². The van der Waals surface area contributed by atoms with Crippen LogP contribution in [0, 0.1) is 6.92 Å². The minimum absolute atomic E-state index is 0.0405. The van der Waals surface area contributed by atoms with E-state index in [2.05, 4.69) is 0 Å². The van der Waals surface area contributed by atoms with Crippen molar-refractivity contribution in [3.8, 4) is 0 Å². The molecule has 0 N–H and O–H groups in total. The van der Waals surface area contributed by atoms with E-state index in [9.17, 15) is 4.79 Å². The molecule has 0 aromatic heterocycles.